The minimum atomic E-state index is -4.64. The zero-order valence-corrected chi connectivity index (χ0v) is 12.1. The summed E-state index contributed by atoms with van der Waals surface area (Å²) in [5.74, 6) is -0.439. The Labute approximate surface area is 121 Å². The topological polar surface area (TPSA) is 46.6 Å². The van der Waals surface area contributed by atoms with E-state index < -0.39 is 28.7 Å². The molecular weight excluding hydrogens is 307 g/mol. The number of benzene rings is 1. The van der Waals surface area contributed by atoms with Gasteiger partial charge in [-0.3, -0.25) is 9.08 Å². The molecule has 0 aromatic heterocycles. The number of halogens is 3. The molecule has 0 fully saturated rings. The van der Waals surface area contributed by atoms with Gasteiger partial charge in [-0.05, 0) is 17.5 Å². The van der Waals surface area contributed by atoms with Crippen LogP contribution >= 0.6 is 0 Å². The lowest BCUT2D eigenvalue weighted by Gasteiger charge is -2.28. The van der Waals surface area contributed by atoms with E-state index >= 15 is 0 Å². The summed E-state index contributed by atoms with van der Waals surface area (Å²) in [4.78, 5) is 1.90. The minimum Gasteiger partial charge on any atom is -0.298 e. The quantitative estimate of drug-likeness (QED) is 0.777. The van der Waals surface area contributed by atoms with Crippen LogP contribution in [0.2, 0.25) is 0 Å². The van der Waals surface area contributed by atoms with Gasteiger partial charge in [0.1, 0.15) is 0 Å². The molecule has 1 aliphatic rings. The van der Waals surface area contributed by atoms with Crippen LogP contribution in [0.1, 0.15) is 11.1 Å². The Balaban J connectivity index is 1.84. The third-order valence-corrected chi connectivity index (χ3v) is 4.43. The van der Waals surface area contributed by atoms with Gasteiger partial charge in [-0.25, -0.2) is 0 Å². The first-order valence-corrected chi connectivity index (χ1v) is 8.06. The van der Waals surface area contributed by atoms with Crippen molar-refractivity contribution in [1.82, 2.24) is 4.90 Å². The molecule has 0 amide bonds. The summed E-state index contributed by atoms with van der Waals surface area (Å²) in [7, 11) is -4.15. The van der Waals surface area contributed by atoms with Gasteiger partial charge in [-0.15, -0.1) is 0 Å². The number of fused-ring (bicyclic) bond motifs is 1. The van der Waals surface area contributed by atoms with Crippen molar-refractivity contribution in [1.29, 1.82) is 0 Å². The van der Waals surface area contributed by atoms with Gasteiger partial charge >= 0.3 is 6.18 Å². The molecule has 0 saturated heterocycles. The molecule has 0 saturated carbocycles. The van der Waals surface area contributed by atoms with E-state index in [0.29, 0.717) is 13.1 Å². The van der Waals surface area contributed by atoms with Gasteiger partial charge in [-0.2, -0.15) is 21.6 Å². The predicted octanol–water partition coefficient (Wildman–Crippen LogP) is 1.95. The lowest BCUT2D eigenvalue weighted by Crippen LogP contribution is -2.35. The van der Waals surface area contributed by atoms with Crippen molar-refractivity contribution in [2.75, 3.05) is 25.4 Å². The Kier molecular flexibility index (Phi) is 4.90. The summed E-state index contributed by atoms with van der Waals surface area (Å²) in [5, 5.41) is 0. The van der Waals surface area contributed by atoms with E-state index in [1.165, 1.54) is 5.56 Å². The van der Waals surface area contributed by atoms with E-state index in [2.05, 4.69) is 4.18 Å². The Hall–Kier alpha value is -1.12. The molecular formula is C13H16F3NO3S. The van der Waals surface area contributed by atoms with Crippen LogP contribution in [0.15, 0.2) is 24.3 Å². The Morgan fingerprint density at radius 3 is 2.52 bits per heavy atom. The highest BCUT2D eigenvalue weighted by atomic mass is 32.2. The average Bonchev–Trinajstić information content (AvgIpc) is 2.42. The highest BCUT2D eigenvalue weighted by molar-refractivity contribution is 7.86. The van der Waals surface area contributed by atoms with Crippen molar-refractivity contribution in [2.24, 2.45) is 0 Å². The number of hydrogen-bond donors (Lipinski definition) is 0. The van der Waals surface area contributed by atoms with Crippen molar-refractivity contribution in [3.8, 4) is 0 Å². The van der Waals surface area contributed by atoms with Crippen LogP contribution in [0.5, 0.6) is 0 Å². The molecule has 0 atom stereocenters. The van der Waals surface area contributed by atoms with Gasteiger partial charge in [0.2, 0.25) is 0 Å². The van der Waals surface area contributed by atoms with Crippen LogP contribution in [0.3, 0.4) is 0 Å². The van der Waals surface area contributed by atoms with Crippen molar-refractivity contribution in [2.45, 2.75) is 19.1 Å². The highest BCUT2D eigenvalue weighted by Crippen LogP contribution is 2.19. The second-order valence-corrected chi connectivity index (χ2v) is 6.69. The zero-order chi connectivity index (χ0) is 15.5. The third-order valence-electron chi connectivity index (χ3n) is 3.27. The Morgan fingerprint density at radius 1 is 1.19 bits per heavy atom. The van der Waals surface area contributed by atoms with Crippen LogP contribution in [0, 0.1) is 0 Å². The summed E-state index contributed by atoms with van der Waals surface area (Å²) in [6.07, 6.45) is -3.84. The number of rotatable bonds is 5. The molecule has 0 unspecified atom stereocenters. The minimum absolute atomic E-state index is 0.161. The van der Waals surface area contributed by atoms with Gasteiger partial charge in [0.05, 0.1) is 5.75 Å². The molecule has 4 nitrogen and oxygen atoms in total. The summed E-state index contributed by atoms with van der Waals surface area (Å²) < 4.78 is 62.6. The van der Waals surface area contributed by atoms with Crippen molar-refractivity contribution in [3.05, 3.63) is 35.4 Å². The molecule has 0 spiro atoms. The summed E-state index contributed by atoms with van der Waals surface area (Å²) in [5.41, 5.74) is 2.35. The van der Waals surface area contributed by atoms with Crippen molar-refractivity contribution in [3.63, 3.8) is 0 Å². The fraction of sp³-hybridized carbons (Fsp3) is 0.538. The van der Waals surface area contributed by atoms with E-state index in [1.54, 1.807) is 0 Å². The molecule has 21 heavy (non-hydrogen) atoms. The summed E-state index contributed by atoms with van der Waals surface area (Å²) >= 11 is 0. The lowest BCUT2D eigenvalue weighted by molar-refractivity contribution is -0.152. The van der Waals surface area contributed by atoms with Gasteiger partial charge in [0, 0.05) is 19.6 Å². The van der Waals surface area contributed by atoms with E-state index in [1.807, 2.05) is 29.2 Å². The molecule has 1 aliphatic heterocycles. The molecule has 118 valence electrons. The van der Waals surface area contributed by atoms with Crippen LogP contribution in [-0.4, -0.2) is 44.9 Å². The molecule has 0 radical (unpaired) electrons. The summed E-state index contributed by atoms with van der Waals surface area (Å²) in [6.45, 7) is -0.316. The fourth-order valence-electron chi connectivity index (χ4n) is 2.20. The maximum atomic E-state index is 11.9. The van der Waals surface area contributed by atoms with Gasteiger partial charge in [0.15, 0.2) is 6.61 Å². The van der Waals surface area contributed by atoms with Crippen LogP contribution in [0.4, 0.5) is 13.2 Å². The van der Waals surface area contributed by atoms with Crippen LogP contribution in [-0.2, 0) is 27.3 Å². The molecule has 8 heteroatoms. The maximum absolute atomic E-state index is 11.9. The largest absolute Gasteiger partial charge is 0.413 e. The van der Waals surface area contributed by atoms with Gasteiger partial charge in [-0.1, -0.05) is 24.3 Å². The second kappa shape index (κ2) is 6.33. The second-order valence-electron chi connectivity index (χ2n) is 4.93. The number of alkyl halides is 3. The number of hydrogen-bond acceptors (Lipinski definition) is 4. The van der Waals surface area contributed by atoms with Crippen LogP contribution in [0.25, 0.3) is 0 Å². The Bertz CT molecular complexity index is 587. The van der Waals surface area contributed by atoms with Crippen LogP contribution < -0.4 is 0 Å². The zero-order valence-electron chi connectivity index (χ0n) is 11.3. The van der Waals surface area contributed by atoms with Crippen molar-refractivity contribution >= 4 is 10.1 Å². The highest BCUT2D eigenvalue weighted by Gasteiger charge is 2.31. The third kappa shape index (κ3) is 5.29. The molecule has 0 bridgehead atoms. The smallest absolute Gasteiger partial charge is 0.298 e. The van der Waals surface area contributed by atoms with Crippen molar-refractivity contribution < 1.29 is 25.8 Å². The van der Waals surface area contributed by atoms with E-state index in [4.69, 9.17) is 0 Å². The molecule has 0 aliphatic carbocycles. The predicted molar refractivity (Wildman–Crippen MR) is 71.2 cm³/mol. The molecule has 0 N–H and O–H groups in total. The average molecular weight is 323 g/mol. The standard InChI is InChI=1S/C13H16F3NO3S/c14-13(15,16)10-20-21(18,19)8-7-17-6-5-11-3-1-2-4-12(11)9-17/h1-4H,5-10H2. The van der Waals surface area contributed by atoms with E-state index in [0.717, 1.165) is 12.0 Å². The molecule has 2 rings (SSSR count). The first kappa shape index (κ1) is 16.3. The van der Waals surface area contributed by atoms with E-state index in [-0.39, 0.29) is 6.54 Å². The first-order valence-electron chi connectivity index (χ1n) is 6.48. The molecule has 1 aromatic carbocycles. The SMILES string of the molecule is O=S(=O)(CCN1CCc2ccccc2C1)OCC(F)(F)F. The van der Waals surface area contributed by atoms with Gasteiger partial charge in [0.25, 0.3) is 10.1 Å². The number of nitrogens with zero attached hydrogens (tertiary/aromatic N) is 1. The molecule has 1 heterocycles. The molecule has 1 aromatic rings. The fourth-order valence-corrected chi connectivity index (χ4v) is 3.11. The monoisotopic (exact) mass is 323 g/mol. The first-order chi connectivity index (χ1) is 9.75. The lowest BCUT2D eigenvalue weighted by atomic mass is 10.0. The van der Waals surface area contributed by atoms with E-state index in [9.17, 15) is 21.6 Å². The summed E-state index contributed by atoms with van der Waals surface area (Å²) in [6, 6.07) is 7.85. The van der Waals surface area contributed by atoms with Gasteiger partial charge < -0.3 is 0 Å². The maximum Gasteiger partial charge on any atom is 0.413 e. The normalized spacial score (nSPS) is 16.7. The Morgan fingerprint density at radius 2 is 1.86 bits per heavy atom.